The first-order valence-corrected chi connectivity index (χ1v) is 7.43. The van der Waals surface area contributed by atoms with E-state index in [0.717, 1.165) is 11.1 Å². The van der Waals surface area contributed by atoms with Crippen molar-refractivity contribution in [3.63, 3.8) is 0 Å². The number of carbonyl (C=O) groups is 2. The van der Waals surface area contributed by atoms with Gasteiger partial charge in [0, 0.05) is 5.56 Å². The number of aromatic nitrogens is 1. The second-order valence-electron chi connectivity index (χ2n) is 5.38. The number of esters is 1. The van der Waals surface area contributed by atoms with Crippen LogP contribution in [0.5, 0.6) is 0 Å². The largest absolute Gasteiger partial charge is 0.458 e. The molecule has 2 rings (SSSR count). The molecule has 5 heteroatoms. The maximum Gasteiger partial charge on any atom is 0.355 e. The van der Waals surface area contributed by atoms with Crippen molar-refractivity contribution in [1.29, 1.82) is 5.26 Å². The van der Waals surface area contributed by atoms with E-state index in [2.05, 4.69) is 11.1 Å². The molecule has 0 fully saturated rings. The smallest absolute Gasteiger partial charge is 0.355 e. The zero-order valence-electron chi connectivity index (χ0n) is 13.3. The van der Waals surface area contributed by atoms with E-state index in [1.54, 1.807) is 38.1 Å². The van der Waals surface area contributed by atoms with Crippen LogP contribution in [0.2, 0.25) is 0 Å². The monoisotopic (exact) mass is 310 g/mol. The van der Waals surface area contributed by atoms with Crippen LogP contribution < -0.4 is 0 Å². The summed E-state index contributed by atoms with van der Waals surface area (Å²) < 4.78 is 5.23. The number of hydrogen-bond donors (Lipinski definition) is 1. The summed E-state index contributed by atoms with van der Waals surface area (Å²) in [7, 11) is 0. The zero-order valence-corrected chi connectivity index (χ0v) is 13.3. The summed E-state index contributed by atoms with van der Waals surface area (Å²) >= 11 is 0. The number of carbonyl (C=O) groups excluding carboxylic acids is 2. The summed E-state index contributed by atoms with van der Waals surface area (Å²) in [6.07, 6.45) is 1.02. The first-order valence-electron chi connectivity index (χ1n) is 7.43. The van der Waals surface area contributed by atoms with E-state index in [0.29, 0.717) is 35.2 Å². The lowest BCUT2D eigenvalue weighted by Gasteiger charge is -2.09. The minimum Gasteiger partial charge on any atom is -0.458 e. The number of aldehydes is 1. The van der Waals surface area contributed by atoms with Crippen LogP contribution in [0.15, 0.2) is 24.3 Å². The van der Waals surface area contributed by atoms with Gasteiger partial charge in [0.05, 0.1) is 23.4 Å². The highest BCUT2D eigenvalue weighted by Crippen LogP contribution is 2.31. The van der Waals surface area contributed by atoms with Crippen LogP contribution in [0.1, 0.15) is 52.9 Å². The molecule has 2 aromatic rings. The molecule has 0 aliphatic heterocycles. The van der Waals surface area contributed by atoms with Gasteiger partial charge in [0.1, 0.15) is 5.69 Å². The number of H-pyrrole nitrogens is 1. The maximum atomic E-state index is 12.2. The molecule has 0 atom stereocenters. The van der Waals surface area contributed by atoms with Gasteiger partial charge in [-0.05, 0) is 43.5 Å². The topological polar surface area (TPSA) is 83.0 Å². The van der Waals surface area contributed by atoms with Crippen molar-refractivity contribution < 1.29 is 14.3 Å². The van der Waals surface area contributed by atoms with E-state index in [1.807, 2.05) is 6.92 Å². The van der Waals surface area contributed by atoms with Gasteiger partial charge in [0.2, 0.25) is 0 Å². The molecule has 1 aromatic heterocycles. The van der Waals surface area contributed by atoms with Gasteiger partial charge < -0.3 is 9.72 Å². The average molecular weight is 310 g/mol. The van der Waals surface area contributed by atoms with Gasteiger partial charge in [-0.15, -0.1) is 0 Å². The Morgan fingerprint density at radius 2 is 2.00 bits per heavy atom. The van der Waals surface area contributed by atoms with Crippen molar-refractivity contribution in [3.8, 4) is 17.2 Å². The Bertz CT molecular complexity index is 765. The van der Waals surface area contributed by atoms with Gasteiger partial charge >= 0.3 is 5.97 Å². The summed E-state index contributed by atoms with van der Waals surface area (Å²) in [5.41, 5.74) is 3.38. The fourth-order valence-electron chi connectivity index (χ4n) is 2.49. The van der Waals surface area contributed by atoms with Gasteiger partial charge in [0.15, 0.2) is 6.29 Å². The Balaban J connectivity index is 2.58. The molecule has 0 unspecified atom stereocenters. The first-order chi connectivity index (χ1) is 11.0. The molecule has 0 radical (unpaired) electrons. The van der Waals surface area contributed by atoms with Crippen molar-refractivity contribution in [1.82, 2.24) is 4.98 Å². The molecular weight excluding hydrogens is 292 g/mol. The third-order valence-corrected chi connectivity index (χ3v) is 3.45. The van der Waals surface area contributed by atoms with Crippen molar-refractivity contribution in [2.75, 3.05) is 0 Å². The molecule has 1 aromatic carbocycles. The van der Waals surface area contributed by atoms with E-state index < -0.39 is 5.97 Å². The third-order valence-electron chi connectivity index (χ3n) is 3.45. The second-order valence-corrected chi connectivity index (χ2v) is 5.38. The fourth-order valence-corrected chi connectivity index (χ4v) is 2.49. The summed E-state index contributed by atoms with van der Waals surface area (Å²) in [6, 6.07) is 8.96. The molecular formula is C18H18N2O3. The van der Waals surface area contributed by atoms with Crippen LogP contribution in [0, 0.1) is 11.3 Å². The highest BCUT2D eigenvalue weighted by atomic mass is 16.5. The van der Waals surface area contributed by atoms with Gasteiger partial charge in [-0.25, -0.2) is 4.79 Å². The average Bonchev–Trinajstić information content (AvgIpc) is 2.93. The number of nitriles is 1. The Kier molecular flexibility index (Phi) is 4.97. The predicted octanol–water partition coefficient (Wildman–Crippen LogP) is 3.49. The number of benzene rings is 1. The van der Waals surface area contributed by atoms with Gasteiger partial charge in [-0.2, -0.15) is 5.26 Å². The predicted molar refractivity (Wildman–Crippen MR) is 86.3 cm³/mol. The van der Waals surface area contributed by atoms with Crippen molar-refractivity contribution in [2.45, 2.75) is 33.3 Å². The third kappa shape index (κ3) is 3.32. The number of aromatic amines is 1. The summed E-state index contributed by atoms with van der Waals surface area (Å²) in [5.74, 6) is -0.472. The Hall–Kier alpha value is -2.87. The highest BCUT2D eigenvalue weighted by molar-refractivity contribution is 5.97. The number of ether oxygens (including phenoxy) is 1. The summed E-state index contributed by atoms with van der Waals surface area (Å²) in [4.78, 5) is 26.5. The van der Waals surface area contributed by atoms with Gasteiger partial charge in [-0.1, -0.05) is 19.1 Å². The van der Waals surface area contributed by atoms with E-state index in [4.69, 9.17) is 10.00 Å². The number of nitrogens with one attached hydrogen (secondary N) is 1. The molecule has 1 N–H and O–H groups in total. The first kappa shape index (κ1) is 16.5. The number of hydrogen-bond acceptors (Lipinski definition) is 4. The standard InChI is InChI=1S/C18H18N2O3/c1-4-14-16(13-7-5-12(9-19)6-8-13)15(10-21)20-17(14)18(22)23-11(2)3/h5-8,10-11,20H,4H2,1-3H3. The minimum atomic E-state index is -0.472. The summed E-state index contributed by atoms with van der Waals surface area (Å²) in [5, 5.41) is 8.89. The normalized spacial score (nSPS) is 10.4. The molecule has 0 bridgehead atoms. The molecule has 5 nitrogen and oxygen atoms in total. The van der Waals surface area contributed by atoms with Crippen molar-refractivity contribution >= 4 is 12.3 Å². The minimum absolute atomic E-state index is 0.242. The van der Waals surface area contributed by atoms with E-state index in [-0.39, 0.29) is 6.10 Å². The Morgan fingerprint density at radius 1 is 1.35 bits per heavy atom. The van der Waals surface area contributed by atoms with Crippen LogP contribution in [0.3, 0.4) is 0 Å². The fraction of sp³-hybridized carbons (Fsp3) is 0.278. The maximum absolute atomic E-state index is 12.2. The van der Waals surface area contributed by atoms with Crippen LogP contribution in [-0.4, -0.2) is 23.3 Å². The SMILES string of the molecule is CCc1c(C(=O)OC(C)C)[nH]c(C=O)c1-c1ccc(C#N)cc1. The van der Waals surface area contributed by atoms with Gasteiger partial charge in [0.25, 0.3) is 0 Å². The molecule has 23 heavy (non-hydrogen) atoms. The van der Waals surface area contributed by atoms with Crippen molar-refractivity contribution in [3.05, 3.63) is 46.8 Å². The van der Waals surface area contributed by atoms with Crippen LogP contribution >= 0.6 is 0 Å². The van der Waals surface area contributed by atoms with Crippen LogP contribution in [0.4, 0.5) is 0 Å². The molecule has 0 amide bonds. The second kappa shape index (κ2) is 6.93. The quantitative estimate of drug-likeness (QED) is 0.677. The molecule has 1 heterocycles. The number of rotatable bonds is 5. The van der Waals surface area contributed by atoms with Crippen LogP contribution in [-0.2, 0) is 11.2 Å². The molecule has 0 aliphatic carbocycles. The molecule has 0 aliphatic rings. The number of nitrogens with zero attached hydrogens (tertiary/aromatic N) is 1. The lowest BCUT2D eigenvalue weighted by Crippen LogP contribution is -2.13. The Morgan fingerprint density at radius 3 is 2.48 bits per heavy atom. The van der Waals surface area contributed by atoms with E-state index in [1.165, 1.54) is 0 Å². The lowest BCUT2D eigenvalue weighted by molar-refractivity contribution is 0.0370. The van der Waals surface area contributed by atoms with Crippen LogP contribution in [0.25, 0.3) is 11.1 Å². The van der Waals surface area contributed by atoms with Crippen molar-refractivity contribution in [2.24, 2.45) is 0 Å². The lowest BCUT2D eigenvalue weighted by atomic mass is 9.98. The molecule has 0 spiro atoms. The Labute approximate surface area is 134 Å². The molecule has 0 saturated heterocycles. The molecule has 0 saturated carbocycles. The van der Waals surface area contributed by atoms with E-state index >= 15 is 0 Å². The summed E-state index contributed by atoms with van der Waals surface area (Å²) in [6.45, 7) is 5.46. The van der Waals surface area contributed by atoms with Gasteiger partial charge in [-0.3, -0.25) is 4.79 Å². The van der Waals surface area contributed by atoms with E-state index in [9.17, 15) is 9.59 Å². The molecule has 118 valence electrons. The highest BCUT2D eigenvalue weighted by Gasteiger charge is 2.23. The zero-order chi connectivity index (χ0) is 17.0.